The summed E-state index contributed by atoms with van der Waals surface area (Å²) in [7, 11) is 1.83. The van der Waals surface area contributed by atoms with E-state index in [1.165, 1.54) is 6.92 Å². The largest absolute Gasteiger partial charge is 0.294 e. The Kier molecular flexibility index (Phi) is 1.76. The van der Waals surface area contributed by atoms with Crippen LogP contribution >= 0.6 is 0 Å². The Morgan fingerprint density at radius 2 is 2.40 bits per heavy atom. The molecule has 0 aliphatic carbocycles. The summed E-state index contributed by atoms with van der Waals surface area (Å²) in [6.45, 7) is 1.52. The molecule has 0 saturated carbocycles. The lowest BCUT2D eigenvalue weighted by molar-refractivity contribution is -0.674. The van der Waals surface area contributed by atoms with Crippen LogP contribution in [0.25, 0.3) is 0 Å². The number of nitrogens with zero attached hydrogens (tertiary/aromatic N) is 2. The molecule has 0 amide bonds. The predicted octanol–water partition coefficient (Wildman–Crippen LogP) is 0.109. The molecule has 3 nitrogen and oxygen atoms in total. The van der Waals surface area contributed by atoms with Crippen LogP contribution in [-0.4, -0.2) is 10.8 Å². The molecule has 0 fully saturated rings. The maximum atomic E-state index is 10.7. The highest BCUT2D eigenvalue weighted by molar-refractivity contribution is 5.93. The molecule has 10 heavy (non-hydrogen) atoms. The zero-order chi connectivity index (χ0) is 7.56. The number of ketones is 1. The Labute approximate surface area is 59.3 Å². The van der Waals surface area contributed by atoms with Gasteiger partial charge in [0.2, 0.25) is 0 Å². The van der Waals surface area contributed by atoms with Crippen LogP contribution in [0.4, 0.5) is 0 Å². The minimum absolute atomic E-state index is 0.0451. The van der Waals surface area contributed by atoms with Crippen molar-refractivity contribution < 1.29 is 9.36 Å². The number of carbonyl (C=O) groups excluding carboxylic acids is 1. The second-order valence-electron chi connectivity index (χ2n) is 2.20. The van der Waals surface area contributed by atoms with Crippen LogP contribution in [0.2, 0.25) is 0 Å². The predicted molar refractivity (Wildman–Crippen MR) is 35.4 cm³/mol. The average Bonchev–Trinajstić information content (AvgIpc) is 1.88. The van der Waals surface area contributed by atoms with Crippen LogP contribution in [0.15, 0.2) is 18.7 Å². The molecule has 0 aromatic carbocycles. The van der Waals surface area contributed by atoms with Crippen LogP contribution < -0.4 is 4.57 Å². The van der Waals surface area contributed by atoms with E-state index in [0.717, 1.165) is 0 Å². The van der Waals surface area contributed by atoms with E-state index in [0.29, 0.717) is 5.56 Å². The number of aryl methyl sites for hydroxylation is 1. The molecule has 1 aromatic rings. The lowest BCUT2D eigenvalue weighted by Crippen LogP contribution is -2.28. The van der Waals surface area contributed by atoms with Gasteiger partial charge in [0.15, 0.2) is 12.0 Å². The first-order valence-corrected chi connectivity index (χ1v) is 3.01. The fourth-order valence-electron chi connectivity index (χ4n) is 0.687. The van der Waals surface area contributed by atoms with Gasteiger partial charge < -0.3 is 0 Å². The zero-order valence-electron chi connectivity index (χ0n) is 6.03. The summed E-state index contributed by atoms with van der Waals surface area (Å²) in [6.07, 6.45) is 4.95. The lowest BCUT2D eigenvalue weighted by Gasteiger charge is -1.89. The molecule has 0 spiro atoms. The van der Waals surface area contributed by atoms with Gasteiger partial charge in [-0.15, -0.1) is 0 Å². The molecule has 0 N–H and O–H groups in total. The molecule has 1 heterocycles. The molecule has 0 saturated heterocycles. The van der Waals surface area contributed by atoms with Gasteiger partial charge in [0.25, 0.3) is 6.33 Å². The quantitative estimate of drug-likeness (QED) is 0.406. The lowest BCUT2D eigenvalue weighted by atomic mass is 10.2. The molecule has 0 aliphatic rings. The van der Waals surface area contributed by atoms with Crippen LogP contribution in [0, 0.1) is 0 Å². The Hall–Kier alpha value is -1.25. The summed E-state index contributed by atoms with van der Waals surface area (Å²) in [5, 5.41) is 0. The molecule has 1 aromatic heterocycles. The van der Waals surface area contributed by atoms with E-state index in [2.05, 4.69) is 4.98 Å². The van der Waals surface area contributed by atoms with Gasteiger partial charge in [-0.05, 0) is 6.92 Å². The topological polar surface area (TPSA) is 33.8 Å². The minimum Gasteiger partial charge on any atom is -0.294 e. The van der Waals surface area contributed by atoms with Crippen LogP contribution in [0.1, 0.15) is 17.3 Å². The van der Waals surface area contributed by atoms with Crippen molar-refractivity contribution in [3.8, 4) is 0 Å². The highest BCUT2D eigenvalue weighted by atomic mass is 16.1. The molecule has 0 bridgehead atoms. The van der Waals surface area contributed by atoms with Crippen molar-refractivity contribution >= 4 is 5.78 Å². The van der Waals surface area contributed by atoms with Gasteiger partial charge >= 0.3 is 0 Å². The Balaban J connectivity index is 3.07. The van der Waals surface area contributed by atoms with Crippen molar-refractivity contribution in [3.63, 3.8) is 0 Å². The normalized spacial score (nSPS) is 9.40. The van der Waals surface area contributed by atoms with Gasteiger partial charge in [-0.1, -0.05) is 4.98 Å². The number of Topliss-reactive ketones (excluding diaryl/α,β-unsaturated/α-hetero) is 1. The summed E-state index contributed by atoms with van der Waals surface area (Å²) in [5.41, 5.74) is 0.644. The molecular weight excluding hydrogens is 128 g/mol. The minimum atomic E-state index is 0.0451. The van der Waals surface area contributed by atoms with Crippen LogP contribution in [0.3, 0.4) is 0 Å². The van der Waals surface area contributed by atoms with E-state index in [1.54, 1.807) is 23.3 Å². The van der Waals surface area contributed by atoms with Gasteiger partial charge in [0.1, 0.15) is 11.8 Å². The molecule has 3 heteroatoms. The fraction of sp³-hybridized carbons (Fsp3) is 0.286. The summed E-state index contributed by atoms with van der Waals surface area (Å²) in [4.78, 5) is 14.6. The molecule has 1 rings (SSSR count). The monoisotopic (exact) mass is 137 g/mol. The van der Waals surface area contributed by atoms with Crippen molar-refractivity contribution in [3.05, 3.63) is 24.3 Å². The van der Waals surface area contributed by atoms with Crippen LogP contribution in [-0.2, 0) is 7.05 Å². The Morgan fingerprint density at radius 1 is 1.70 bits per heavy atom. The number of hydrogen-bond acceptors (Lipinski definition) is 2. The van der Waals surface area contributed by atoms with Crippen molar-refractivity contribution in [2.45, 2.75) is 6.92 Å². The maximum Gasteiger partial charge on any atom is 0.285 e. The standard InChI is InChI=1S/C7H9N2O/c1-6(10)7-3-8-5-9(2)4-7/h3-5H,1-2H3/q+1. The summed E-state index contributed by atoms with van der Waals surface area (Å²) < 4.78 is 1.75. The molecule has 52 valence electrons. The number of hydrogen-bond donors (Lipinski definition) is 0. The summed E-state index contributed by atoms with van der Waals surface area (Å²) >= 11 is 0. The summed E-state index contributed by atoms with van der Waals surface area (Å²) in [5.74, 6) is 0.0451. The fourth-order valence-corrected chi connectivity index (χ4v) is 0.687. The first-order chi connectivity index (χ1) is 4.70. The van der Waals surface area contributed by atoms with Crippen molar-refractivity contribution in [1.82, 2.24) is 4.98 Å². The highest BCUT2D eigenvalue weighted by Crippen LogP contribution is 1.90. The Bertz CT molecular complexity index is 258. The van der Waals surface area contributed by atoms with E-state index >= 15 is 0 Å². The number of rotatable bonds is 1. The van der Waals surface area contributed by atoms with Crippen molar-refractivity contribution in [1.29, 1.82) is 0 Å². The van der Waals surface area contributed by atoms with Crippen molar-refractivity contribution in [2.24, 2.45) is 7.05 Å². The molecule has 0 atom stereocenters. The van der Waals surface area contributed by atoms with Gasteiger partial charge in [-0.2, -0.15) is 0 Å². The molecular formula is C7H9N2O+. The van der Waals surface area contributed by atoms with Gasteiger partial charge in [-0.25, -0.2) is 4.57 Å². The van der Waals surface area contributed by atoms with Crippen LogP contribution in [0.5, 0.6) is 0 Å². The first kappa shape index (κ1) is 6.86. The first-order valence-electron chi connectivity index (χ1n) is 3.01. The molecule has 0 aliphatic heterocycles. The van der Waals surface area contributed by atoms with Gasteiger partial charge in [0.05, 0.1) is 7.05 Å². The number of carbonyl (C=O) groups is 1. The SMILES string of the molecule is CC(=O)c1cnc[n+](C)c1. The zero-order valence-corrected chi connectivity index (χ0v) is 6.03. The third kappa shape index (κ3) is 1.37. The second-order valence-corrected chi connectivity index (χ2v) is 2.20. The third-order valence-electron chi connectivity index (χ3n) is 1.21. The van der Waals surface area contributed by atoms with E-state index in [1.807, 2.05) is 7.05 Å². The third-order valence-corrected chi connectivity index (χ3v) is 1.21. The highest BCUT2D eigenvalue weighted by Gasteiger charge is 2.02. The van der Waals surface area contributed by atoms with Crippen molar-refractivity contribution in [2.75, 3.05) is 0 Å². The second kappa shape index (κ2) is 2.56. The number of aromatic nitrogens is 2. The van der Waals surface area contributed by atoms with Gasteiger partial charge in [-0.3, -0.25) is 4.79 Å². The maximum absolute atomic E-state index is 10.7. The van der Waals surface area contributed by atoms with E-state index in [-0.39, 0.29) is 5.78 Å². The van der Waals surface area contributed by atoms with E-state index in [9.17, 15) is 4.79 Å². The van der Waals surface area contributed by atoms with E-state index in [4.69, 9.17) is 0 Å². The average molecular weight is 137 g/mol. The Morgan fingerprint density at radius 3 is 2.80 bits per heavy atom. The van der Waals surface area contributed by atoms with E-state index < -0.39 is 0 Å². The smallest absolute Gasteiger partial charge is 0.285 e. The molecule has 0 radical (unpaired) electrons. The summed E-state index contributed by atoms with van der Waals surface area (Å²) in [6, 6.07) is 0. The molecule has 0 unspecified atom stereocenters. The van der Waals surface area contributed by atoms with Gasteiger partial charge in [0, 0.05) is 0 Å².